The van der Waals surface area contributed by atoms with E-state index in [0.29, 0.717) is 0 Å². The van der Waals surface area contributed by atoms with Crippen LogP contribution >= 0.6 is 11.8 Å². The molecule has 1 aliphatic rings. The summed E-state index contributed by atoms with van der Waals surface area (Å²) in [6.07, 6.45) is 3.36. The zero-order chi connectivity index (χ0) is 10.5. The van der Waals surface area contributed by atoms with Crippen molar-refractivity contribution >= 4 is 17.4 Å². The summed E-state index contributed by atoms with van der Waals surface area (Å²) in [6.45, 7) is 4.55. The number of rotatable bonds is 2. The van der Waals surface area contributed by atoms with E-state index in [0.717, 1.165) is 19.6 Å². The van der Waals surface area contributed by atoms with E-state index >= 15 is 0 Å². The summed E-state index contributed by atoms with van der Waals surface area (Å²) in [5, 5.41) is 3.42. The Bertz CT molecular complexity index is 289. The third-order valence-corrected chi connectivity index (χ3v) is 3.52. The quantitative estimate of drug-likeness (QED) is 0.772. The molecule has 3 heteroatoms. The molecule has 0 unspecified atom stereocenters. The van der Waals surface area contributed by atoms with Gasteiger partial charge < -0.3 is 10.2 Å². The predicted molar refractivity (Wildman–Crippen MR) is 67.9 cm³/mol. The fourth-order valence-electron chi connectivity index (χ4n) is 1.90. The lowest BCUT2D eigenvalue weighted by atomic mass is 10.2. The molecular formula is C12H18N2S. The van der Waals surface area contributed by atoms with Crippen LogP contribution in [0.5, 0.6) is 0 Å². The Labute approximate surface area is 96.0 Å². The Hall–Kier alpha value is -0.670. The van der Waals surface area contributed by atoms with Gasteiger partial charge in [0.1, 0.15) is 0 Å². The molecule has 1 aromatic carbocycles. The van der Waals surface area contributed by atoms with E-state index in [2.05, 4.69) is 40.7 Å². The molecule has 15 heavy (non-hydrogen) atoms. The van der Waals surface area contributed by atoms with Crippen LogP contribution in [-0.2, 0) is 0 Å². The molecule has 1 saturated heterocycles. The summed E-state index contributed by atoms with van der Waals surface area (Å²) in [5.41, 5.74) is 1.36. The van der Waals surface area contributed by atoms with Crippen LogP contribution in [-0.4, -0.2) is 32.4 Å². The third-order valence-electron chi connectivity index (χ3n) is 2.78. The van der Waals surface area contributed by atoms with Gasteiger partial charge in [0.05, 0.1) is 0 Å². The van der Waals surface area contributed by atoms with Gasteiger partial charge in [0.2, 0.25) is 0 Å². The number of thioether (sulfide) groups is 1. The van der Waals surface area contributed by atoms with Gasteiger partial charge in [-0.15, -0.1) is 11.8 Å². The molecule has 82 valence electrons. The Kier molecular flexibility index (Phi) is 3.92. The largest absolute Gasteiger partial charge is 0.370 e. The highest BCUT2D eigenvalue weighted by Gasteiger charge is 2.08. The van der Waals surface area contributed by atoms with Gasteiger partial charge in [-0.25, -0.2) is 0 Å². The molecule has 1 fully saturated rings. The minimum Gasteiger partial charge on any atom is -0.370 e. The van der Waals surface area contributed by atoms with Crippen LogP contribution in [0.1, 0.15) is 6.42 Å². The predicted octanol–water partition coefficient (Wildman–Crippen LogP) is 2.21. The van der Waals surface area contributed by atoms with Crippen LogP contribution in [0.25, 0.3) is 0 Å². The molecule has 0 amide bonds. The number of hydrogen-bond acceptors (Lipinski definition) is 3. The van der Waals surface area contributed by atoms with Crippen LogP contribution in [0.3, 0.4) is 0 Å². The lowest BCUT2D eigenvalue weighted by Gasteiger charge is -2.22. The van der Waals surface area contributed by atoms with Crippen molar-refractivity contribution in [3.8, 4) is 0 Å². The first-order chi connectivity index (χ1) is 7.40. The van der Waals surface area contributed by atoms with Crippen molar-refractivity contribution in [1.82, 2.24) is 5.32 Å². The first-order valence-corrected chi connectivity index (χ1v) is 6.72. The minimum atomic E-state index is 1.10. The van der Waals surface area contributed by atoms with E-state index in [1.165, 1.54) is 23.5 Å². The third kappa shape index (κ3) is 2.89. The standard InChI is InChI=1S/C12H18N2S/c1-15-12-5-3-11(4-6-12)14-9-2-7-13-8-10-14/h3-6,13H,2,7-10H2,1H3. The molecule has 1 N–H and O–H groups in total. The highest BCUT2D eigenvalue weighted by molar-refractivity contribution is 7.98. The average Bonchev–Trinajstić information content (AvgIpc) is 2.58. The van der Waals surface area contributed by atoms with E-state index < -0.39 is 0 Å². The second-order valence-electron chi connectivity index (χ2n) is 3.79. The first-order valence-electron chi connectivity index (χ1n) is 5.50. The van der Waals surface area contributed by atoms with Crippen molar-refractivity contribution in [3.05, 3.63) is 24.3 Å². The maximum atomic E-state index is 3.42. The minimum absolute atomic E-state index is 1.10. The van der Waals surface area contributed by atoms with Crippen LogP contribution in [0.4, 0.5) is 5.69 Å². The van der Waals surface area contributed by atoms with Gasteiger partial charge in [-0.2, -0.15) is 0 Å². The highest BCUT2D eigenvalue weighted by Crippen LogP contribution is 2.20. The Balaban J connectivity index is 2.06. The molecule has 2 rings (SSSR count). The van der Waals surface area contributed by atoms with Gasteiger partial charge in [-0.3, -0.25) is 0 Å². The molecule has 0 spiro atoms. The van der Waals surface area contributed by atoms with Crippen LogP contribution < -0.4 is 10.2 Å². The first kappa shape index (κ1) is 10.8. The fraction of sp³-hybridized carbons (Fsp3) is 0.500. The van der Waals surface area contributed by atoms with E-state index in [1.54, 1.807) is 11.8 Å². The summed E-state index contributed by atoms with van der Waals surface area (Å²) in [7, 11) is 0. The number of benzene rings is 1. The Morgan fingerprint density at radius 3 is 2.67 bits per heavy atom. The molecule has 2 nitrogen and oxygen atoms in total. The molecular weight excluding hydrogens is 204 g/mol. The maximum Gasteiger partial charge on any atom is 0.0367 e. The lowest BCUT2D eigenvalue weighted by molar-refractivity contribution is 0.724. The van der Waals surface area contributed by atoms with Gasteiger partial charge in [0.15, 0.2) is 0 Å². The number of nitrogens with one attached hydrogen (secondary N) is 1. The second kappa shape index (κ2) is 5.42. The molecule has 0 saturated carbocycles. The lowest BCUT2D eigenvalue weighted by Crippen LogP contribution is -2.27. The van der Waals surface area contributed by atoms with E-state index in [4.69, 9.17) is 0 Å². The van der Waals surface area contributed by atoms with Crippen molar-refractivity contribution in [2.24, 2.45) is 0 Å². The Morgan fingerprint density at radius 2 is 1.93 bits per heavy atom. The summed E-state index contributed by atoms with van der Waals surface area (Å²) < 4.78 is 0. The molecule has 0 atom stereocenters. The summed E-state index contributed by atoms with van der Waals surface area (Å²) in [5.74, 6) is 0. The van der Waals surface area contributed by atoms with Crippen molar-refractivity contribution in [2.45, 2.75) is 11.3 Å². The normalized spacial score (nSPS) is 17.5. The summed E-state index contributed by atoms with van der Waals surface area (Å²) >= 11 is 1.80. The van der Waals surface area contributed by atoms with Gasteiger partial charge >= 0.3 is 0 Å². The van der Waals surface area contributed by atoms with E-state index in [1.807, 2.05) is 0 Å². The SMILES string of the molecule is CSc1ccc(N2CCCNCC2)cc1. The summed E-state index contributed by atoms with van der Waals surface area (Å²) in [6, 6.07) is 8.88. The molecule has 0 aromatic heterocycles. The van der Waals surface area contributed by atoms with E-state index in [9.17, 15) is 0 Å². The summed E-state index contributed by atoms with van der Waals surface area (Å²) in [4.78, 5) is 3.80. The second-order valence-corrected chi connectivity index (χ2v) is 4.67. The van der Waals surface area contributed by atoms with Crippen LogP contribution in [0.15, 0.2) is 29.2 Å². The average molecular weight is 222 g/mol. The van der Waals surface area contributed by atoms with Crippen molar-refractivity contribution in [1.29, 1.82) is 0 Å². The topological polar surface area (TPSA) is 15.3 Å². The molecule has 0 radical (unpaired) electrons. The smallest absolute Gasteiger partial charge is 0.0367 e. The van der Waals surface area contributed by atoms with Crippen molar-refractivity contribution in [3.63, 3.8) is 0 Å². The number of nitrogens with zero attached hydrogens (tertiary/aromatic N) is 1. The van der Waals surface area contributed by atoms with Gasteiger partial charge in [-0.1, -0.05) is 0 Å². The van der Waals surface area contributed by atoms with Crippen molar-refractivity contribution in [2.75, 3.05) is 37.3 Å². The molecule has 1 aliphatic heterocycles. The fourth-order valence-corrected chi connectivity index (χ4v) is 2.31. The zero-order valence-corrected chi connectivity index (χ0v) is 10.0. The van der Waals surface area contributed by atoms with E-state index in [-0.39, 0.29) is 0 Å². The monoisotopic (exact) mass is 222 g/mol. The van der Waals surface area contributed by atoms with Gasteiger partial charge in [-0.05, 0) is 43.5 Å². The number of anilines is 1. The maximum absolute atomic E-state index is 3.42. The zero-order valence-electron chi connectivity index (χ0n) is 9.20. The van der Waals surface area contributed by atoms with Gasteiger partial charge in [0.25, 0.3) is 0 Å². The van der Waals surface area contributed by atoms with Crippen molar-refractivity contribution < 1.29 is 0 Å². The molecule has 1 heterocycles. The molecule has 0 bridgehead atoms. The number of hydrogen-bond donors (Lipinski definition) is 1. The van der Waals surface area contributed by atoms with Gasteiger partial charge in [0, 0.05) is 30.2 Å². The molecule has 0 aliphatic carbocycles. The Morgan fingerprint density at radius 1 is 1.13 bits per heavy atom. The molecule has 1 aromatic rings. The van der Waals surface area contributed by atoms with Crippen LogP contribution in [0, 0.1) is 0 Å². The van der Waals surface area contributed by atoms with Crippen LogP contribution in [0.2, 0.25) is 0 Å². The highest BCUT2D eigenvalue weighted by atomic mass is 32.2.